The lowest BCUT2D eigenvalue weighted by atomic mass is 10.1. The van der Waals surface area contributed by atoms with Gasteiger partial charge in [0.2, 0.25) is 0 Å². The Balaban J connectivity index is 2.94. The van der Waals surface area contributed by atoms with Gasteiger partial charge in [-0.3, -0.25) is 35.1 Å². The van der Waals surface area contributed by atoms with Crippen molar-refractivity contribution in [2.24, 2.45) is 0 Å². The molecule has 0 fully saturated rings. The van der Waals surface area contributed by atoms with Gasteiger partial charge in [0, 0.05) is 13.0 Å². The molecule has 0 saturated heterocycles. The Morgan fingerprint density at radius 1 is 0.958 bits per heavy atom. The molecule has 0 bridgehead atoms. The number of non-ortho nitro benzene ring substituents is 1. The van der Waals surface area contributed by atoms with E-state index in [2.05, 4.69) is 5.32 Å². The maximum Gasteiger partial charge on any atom is 0.306 e. The second-order valence-corrected chi connectivity index (χ2v) is 4.76. The summed E-state index contributed by atoms with van der Waals surface area (Å²) in [5, 5.41) is 43.9. The predicted molar refractivity (Wildman–Crippen MR) is 81.0 cm³/mol. The van der Waals surface area contributed by atoms with E-state index in [0.717, 1.165) is 0 Å². The Morgan fingerprint density at radius 3 is 1.92 bits per heavy atom. The van der Waals surface area contributed by atoms with Crippen LogP contribution in [-0.2, 0) is 4.79 Å². The molecule has 0 spiro atoms. The number of carboxylic acids is 1. The molecular weight excluding hydrogens is 328 g/mol. The van der Waals surface area contributed by atoms with E-state index in [9.17, 15) is 35.1 Å². The van der Waals surface area contributed by atoms with Crippen molar-refractivity contribution in [2.75, 3.05) is 11.9 Å². The maximum atomic E-state index is 11.0. The summed E-state index contributed by atoms with van der Waals surface area (Å²) in [5.74, 6) is -0.940. The summed E-state index contributed by atoms with van der Waals surface area (Å²) in [6.45, 7) is 0.124. The zero-order chi connectivity index (χ0) is 18.3. The van der Waals surface area contributed by atoms with Gasteiger partial charge in [0.05, 0.1) is 26.9 Å². The van der Waals surface area contributed by atoms with Gasteiger partial charge in [0.15, 0.2) is 5.69 Å². The molecule has 0 unspecified atom stereocenters. The van der Waals surface area contributed by atoms with Crippen LogP contribution in [0.25, 0.3) is 0 Å². The van der Waals surface area contributed by atoms with Crippen LogP contribution >= 0.6 is 0 Å². The molecule has 0 saturated carbocycles. The second kappa shape index (κ2) is 8.36. The highest BCUT2D eigenvalue weighted by Crippen LogP contribution is 2.38. The fraction of sp³-hybridized carbons (Fsp3) is 0.417. The van der Waals surface area contributed by atoms with Gasteiger partial charge in [-0.15, -0.1) is 0 Å². The molecule has 0 heterocycles. The van der Waals surface area contributed by atoms with E-state index in [1.165, 1.54) is 0 Å². The smallest absolute Gasteiger partial charge is 0.306 e. The Bertz CT molecular complexity index is 640. The molecule has 0 aliphatic carbocycles. The van der Waals surface area contributed by atoms with Crippen LogP contribution in [0.1, 0.15) is 25.7 Å². The number of nitro benzene ring substituents is 3. The predicted octanol–water partition coefficient (Wildman–Crippen LogP) is 2.47. The fourth-order valence-electron chi connectivity index (χ4n) is 1.96. The number of aliphatic carboxylic acids is 1. The molecule has 0 aliphatic heterocycles. The Hall–Kier alpha value is -3.31. The van der Waals surface area contributed by atoms with Crippen molar-refractivity contribution in [3.05, 3.63) is 42.5 Å². The molecule has 1 aromatic carbocycles. The van der Waals surface area contributed by atoms with Crippen LogP contribution in [0.5, 0.6) is 0 Å². The first kappa shape index (κ1) is 18.7. The third kappa shape index (κ3) is 5.15. The molecule has 12 nitrogen and oxygen atoms in total. The van der Waals surface area contributed by atoms with Crippen molar-refractivity contribution in [2.45, 2.75) is 25.7 Å². The fourth-order valence-corrected chi connectivity index (χ4v) is 1.96. The van der Waals surface area contributed by atoms with E-state index in [1.807, 2.05) is 0 Å². The lowest BCUT2D eigenvalue weighted by Crippen LogP contribution is -2.08. The van der Waals surface area contributed by atoms with E-state index >= 15 is 0 Å². The number of nitrogens with zero attached hydrogens (tertiary/aromatic N) is 3. The third-order valence-corrected chi connectivity index (χ3v) is 3.05. The normalized spacial score (nSPS) is 10.2. The summed E-state index contributed by atoms with van der Waals surface area (Å²) < 4.78 is 0. The number of hydrogen-bond acceptors (Lipinski definition) is 8. The van der Waals surface area contributed by atoms with Gasteiger partial charge >= 0.3 is 17.3 Å². The highest BCUT2D eigenvalue weighted by molar-refractivity contribution is 5.77. The van der Waals surface area contributed by atoms with Crippen LogP contribution in [0.4, 0.5) is 22.7 Å². The first-order chi connectivity index (χ1) is 11.2. The summed E-state index contributed by atoms with van der Waals surface area (Å²) in [7, 11) is 0. The largest absolute Gasteiger partial charge is 0.481 e. The van der Waals surface area contributed by atoms with E-state index < -0.39 is 43.5 Å². The third-order valence-electron chi connectivity index (χ3n) is 3.05. The highest BCUT2D eigenvalue weighted by Gasteiger charge is 2.30. The molecule has 24 heavy (non-hydrogen) atoms. The van der Waals surface area contributed by atoms with Gasteiger partial charge in [-0.05, 0) is 12.8 Å². The van der Waals surface area contributed by atoms with Gasteiger partial charge in [0.1, 0.15) is 0 Å². The number of nitro groups is 3. The van der Waals surface area contributed by atoms with E-state index in [1.54, 1.807) is 0 Å². The van der Waals surface area contributed by atoms with E-state index in [4.69, 9.17) is 5.11 Å². The van der Waals surface area contributed by atoms with Crippen LogP contribution in [-0.4, -0.2) is 32.4 Å². The Labute approximate surface area is 134 Å². The van der Waals surface area contributed by atoms with Gasteiger partial charge < -0.3 is 10.4 Å². The average molecular weight is 342 g/mol. The quantitative estimate of drug-likeness (QED) is 0.367. The van der Waals surface area contributed by atoms with Crippen LogP contribution < -0.4 is 5.32 Å². The zero-order valence-electron chi connectivity index (χ0n) is 12.3. The lowest BCUT2D eigenvalue weighted by Gasteiger charge is -2.07. The number of hydrogen-bond donors (Lipinski definition) is 2. The van der Waals surface area contributed by atoms with Crippen LogP contribution in [0.15, 0.2) is 12.1 Å². The summed E-state index contributed by atoms with van der Waals surface area (Å²) in [4.78, 5) is 40.3. The molecule has 130 valence electrons. The molecule has 1 rings (SSSR count). The topological polar surface area (TPSA) is 179 Å². The minimum atomic E-state index is -0.949. The molecule has 0 atom stereocenters. The number of rotatable bonds is 10. The summed E-state index contributed by atoms with van der Waals surface area (Å²) in [6, 6.07) is 1.31. The Morgan fingerprint density at radius 2 is 1.50 bits per heavy atom. The maximum absolute atomic E-state index is 11.0. The summed E-state index contributed by atoms with van der Waals surface area (Å²) in [5.41, 5.74) is -2.68. The van der Waals surface area contributed by atoms with Crippen LogP contribution in [0, 0.1) is 30.3 Å². The molecular formula is C12H14N4O8. The van der Waals surface area contributed by atoms with Crippen molar-refractivity contribution in [1.82, 2.24) is 0 Å². The standard InChI is InChI=1S/C12H14N4O8/c17-11(18)4-2-1-3-5-13-12-9(15(21)22)6-8(14(19)20)7-10(12)16(23)24/h6-7,13H,1-5H2,(H,17,18). The van der Waals surface area contributed by atoms with Gasteiger partial charge in [-0.1, -0.05) is 6.42 Å². The molecule has 0 amide bonds. The molecule has 2 N–H and O–H groups in total. The average Bonchev–Trinajstić information content (AvgIpc) is 2.49. The summed E-state index contributed by atoms with van der Waals surface area (Å²) >= 11 is 0. The first-order valence-electron chi connectivity index (χ1n) is 6.81. The molecule has 0 aromatic heterocycles. The van der Waals surface area contributed by atoms with Crippen LogP contribution in [0.2, 0.25) is 0 Å². The number of carboxylic acid groups (broad SMARTS) is 1. The van der Waals surface area contributed by atoms with Crippen molar-refractivity contribution in [3.63, 3.8) is 0 Å². The number of nitrogens with one attached hydrogen (secondary N) is 1. The van der Waals surface area contributed by atoms with Gasteiger partial charge in [-0.25, -0.2) is 0 Å². The van der Waals surface area contributed by atoms with Crippen molar-refractivity contribution in [3.8, 4) is 0 Å². The highest BCUT2D eigenvalue weighted by atomic mass is 16.6. The monoisotopic (exact) mass is 342 g/mol. The van der Waals surface area contributed by atoms with Crippen molar-refractivity contribution < 1.29 is 24.7 Å². The zero-order valence-corrected chi connectivity index (χ0v) is 12.3. The molecule has 0 aliphatic rings. The van der Waals surface area contributed by atoms with Gasteiger partial charge in [-0.2, -0.15) is 0 Å². The summed E-state index contributed by atoms with van der Waals surface area (Å²) in [6.07, 6.45) is 1.33. The second-order valence-electron chi connectivity index (χ2n) is 4.76. The lowest BCUT2D eigenvalue weighted by molar-refractivity contribution is -0.401. The van der Waals surface area contributed by atoms with E-state index in [0.29, 0.717) is 31.4 Å². The number of anilines is 1. The Kier molecular flexibility index (Phi) is 6.52. The SMILES string of the molecule is O=C(O)CCCCCNc1c([N+](=O)[O-])cc([N+](=O)[O-])cc1[N+](=O)[O-]. The number of benzene rings is 1. The van der Waals surface area contributed by atoms with Crippen molar-refractivity contribution in [1.29, 1.82) is 0 Å². The minimum Gasteiger partial charge on any atom is -0.481 e. The van der Waals surface area contributed by atoms with E-state index in [-0.39, 0.29) is 13.0 Å². The van der Waals surface area contributed by atoms with Crippen molar-refractivity contribution >= 4 is 28.7 Å². The van der Waals surface area contributed by atoms with Gasteiger partial charge in [0.25, 0.3) is 5.69 Å². The number of unbranched alkanes of at least 4 members (excludes halogenated alkanes) is 2. The van der Waals surface area contributed by atoms with Crippen LogP contribution in [0.3, 0.4) is 0 Å². The minimum absolute atomic E-state index is 0.0160. The molecule has 0 radical (unpaired) electrons. The molecule has 12 heteroatoms. The number of carbonyl (C=O) groups is 1. The molecule has 1 aromatic rings. The first-order valence-corrected chi connectivity index (χ1v) is 6.81.